The fourth-order valence-corrected chi connectivity index (χ4v) is 3.02. The normalized spacial score (nSPS) is 18.2. The van der Waals surface area contributed by atoms with Crippen molar-refractivity contribution in [3.63, 3.8) is 0 Å². The summed E-state index contributed by atoms with van der Waals surface area (Å²) in [5.41, 5.74) is 5.02. The highest BCUT2D eigenvalue weighted by molar-refractivity contribution is 7.14. The molecule has 1 aromatic carbocycles. The first-order valence-electron chi connectivity index (χ1n) is 6.97. The molecule has 1 atom stereocenters. The summed E-state index contributed by atoms with van der Waals surface area (Å²) in [6.45, 7) is 0. The molecule has 1 aliphatic rings. The van der Waals surface area contributed by atoms with Crippen LogP contribution in [0.4, 0.5) is 5.13 Å². The van der Waals surface area contributed by atoms with Gasteiger partial charge < -0.3 is 0 Å². The predicted octanol–water partition coefficient (Wildman–Crippen LogP) is 5.22. The second-order valence-electron chi connectivity index (χ2n) is 4.98. The Hall–Kier alpha value is -1.65. The van der Waals surface area contributed by atoms with Crippen LogP contribution in [0.2, 0.25) is 5.02 Å². The van der Waals surface area contributed by atoms with Crippen LogP contribution in [0, 0.1) is 5.92 Å². The molecule has 1 N–H and O–H groups in total. The Kier molecular flexibility index (Phi) is 4.68. The number of anilines is 1. The number of thiazole rings is 1. The summed E-state index contributed by atoms with van der Waals surface area (Å²) in [4.78, 5) is 4.53. The smallest absolute Gasteiger partial charge is 0.203 e. The third kappa shape index (κ3) is 3.93. The van der Waals surface area contributed by atoms with Crippen LogP contribution in [0.1, 0.15) is 19.3 Å². The highest BCUT2D eigenvalue weighted by atomic mass is 35.5. The maximum absolute atomic E-state index is 5.89. The molecule has 1 aliphatic carbocycles. The third-order valence-corrected chi connectivity index (χ3v) is 4.40. The Morgan fingerprint density at radius 1 is 1.29 bits per heavy atom. The van der Waals surface area contributed by atoms with E-state index in [0.717, 1.165) is 34.3 Å². The van der Waals surface area contributed by atoms with Crippen LogP contribution in [-0.2, 0) is 0 Å². The predicted molar refractivity (Wildman–Crippen MR) is 91.2 cm³/mol. The molecule has 21 heavy (non-hydrogen) atoms. The van der Waals surface area contributed by atoms with Crippen molar-refractivity contribution in [3.05, 3.63) is 46.8 Å². The minimum absolute atomic E-state index is 0.540. The summed E-state index contributed by atoms with van der Waals surface area (Å²) in [6, 6.07) is 7.69. The van der Waals surface area contributed by atoms with Gasteiger partial charge in [0.1, 0.15) is 0 Å². The van der Waals surface area contributed by atoms with Crippen LogP contribution in [-0.4, -0.2) is 11.2 Å². The molecule has 0 spiro atoms. The molecule has 0 saturated heterocycles. The lowest BCUT2D eigenvalue weighted by Gasteiger charge is -2.11. The average Bonchev–Trinajstić information content (AvgIpc) is 2.98. The van der Waals surface area contributed by atoms with Crippen molar-refractivity contribution in [2.24, 2.45) is 11.0 Å². The Labute approximate surface area is 133 Å². The van der Waals surface area contributed by atoms with Gasteiger partial charge >= 0.3 is 0 Å². The minimum Gasteiger partial charge on any atom is -0.253 e. The lowest BCUT2D eigenvalue weighted by Crippen LogP contribution is -2.04. The molecular weight excluding hydrogens is 302 g/mol. The largest absolute Gasteiger partial charge is 0.253 e. The molecule has 108 valence electrons. The van der Waals surface area contributed by atoms with E-state index in [2.05, 4.69) is 27.7 Å². The first kappa shape index (κ1) is 14.3. The molecule has 0 saturated carbocycles. The molecule has 0 fully saturated rings. The number of rotatable bonds is 4. The van der Waals surface area contributed by atoms with Gasteiger partial charge in [-0.25, -0.2) is 4.98 Å². The number of nitrogens with one attached hydrogen (secondary N) is 1. The molecule has 2 aromatic rings. The topological polar surface area (TPSA) is 37.3 Å². The van der Waals surface area contributed by atoms with Gasteiger partial charge in [0.15, 0.2) is 0 Å². The van der Waals surface area contributed by atoms with Gasteiger partial charge in [0.25, 0.3) is 0 Å². The SMILES string of the molecule is Clc1ccc(-c2csc(N/N=C\[C@H]3CC=CCC3)n2)cc1. The van der Waals surface area contributed by atoms with E-state index in [1.165, 1.54) is 6.42 Å². The lowest BCUT2D eigenvalue weighted by atomic mass is 9.96. The number of allylic oxidation sites excluding steroid dienone is 2. The second-order valence-corrected chi connectivity index (χ2v) is 6.27. The van der Waals surface area contributed by atoms with Gasteiger partial charge in [-0.1, -0.05) is 35.9 Å². The Morgan fingerprint density at radius 2 is 2.14 bits per heavy atom. The van der Waals surface area contributed by atoms with E-state index in [9.17, 15) is 0 Å². The zero-order valence-corrected chi connectivity index (χ0v) is 13.1. The molecule has 0 bridgehead atoms. The lowest BCUT2D eigenvalue weighted by molar-refractivity contribution is 0.627. The maximum Gasteiger partial charge on any atom is 0.203 e. The van der Waals surface area contributed by atoms with Crippen molar-refractivity contribution >= 4 is 34.3 Å². The van der Waals surface area contributed by atoms with E-state index < -0.39 is 0 Å². The van der Waals surface area contributed by atoms with Gasteiger partial charge in [0.2, 0.25) is 5.13 Å². The van der Waals surface area contributed by atoms with Gasteiger partial charge in [-0.2, -0.15) is 5.10 Å². The van der Waals surface area contributed by atoms with E-state index in [-0.39, 0.29) is 0 Å². The Morgan fingerprint density at radius 3 is 2.90 bits per heavy atom. The quantitative estimate of drug-likeness (QED) is 0.477. The fourth-order valence-electron chi connectivity index (χ4n) is 2.23. The molecule has 0 aliphatic heterocycles. The van der Waals surface area contributed by atoms with Crippen LogP contribution in [0.15, 0.2) is 46.9 Å². The van der Waals surface area contributed by atoms with Crippen LogP contribution in [0.25, 0.3) is 11.3 Å². The molecule has 0 radical (unpaired) electrons. The van der Waals surface area contributed by atoms with E-state index >= 15 is 0 Å². The summed E-state index contributed by atoms with van der Waals surface area (Å²) >= 11 is 7.44. The molecule has 1 aromatic heterocycles. The van der Waals surface area contributed by atoms with Crippen LogP contribution < -0.4 is 5.43 Å². The summed E-state index contributed by atoms with van der Waals surface area (Å²) < 4.78 is 0. The molecule has 1 heterocycles. The van der Waals surface area contributed by atoms with Crippen molar-refractivity contribution in [2.75, 3.05) is 5.43 Å². The highest BCUT2D eigenvalue weighted by Crippen LogP contribution is 2.26. The molecule has 0 unspecified atom stereocenters. The number of hydrazone groups is 1. The highest BCUT2D eigenvalue weighted by Gasteiger charge is 2.07. The van der Waals surface area contributed by atoms with E-state index in [4.69, 9.17) is 11.6 Å². The first-order chi connectivity index (χ1) is 10.3. The van der Waals surface area contributed by atoms with Crippen molar-refractivity contribution in [3.8, 4) is 11.3 Å². The van der Waals surface area contributed by atoms with Crippen LogP contribution in [0.3, 0.4) is 0 Å². The number of benzene rings is 1. The summed E-state index contributed by atoms with van der Waals surface area (Å²) in [7, 11) is 0. The van der Waals surface area contributed by atoms with Crippen LogP contribution >= 0.6 is 22.9 Å². The fraction of sp³-hybridized carbons (Fsp3) is 0.250. The van der Waals surface area contributed by atoms with Crippen molar-refractivity contribution in [1.82, 2.24) is 4.98 Å². The summed E-state index contributed by atoms with van der Waals surface area (Å²) in [6.07, 6.45) is 9.86. The number of hydrogen-bond donors (Lipinski definition) is 1. The molecular formula is C16H16ClN3S. The number of aromatic nitrogens is 1. The second kappa shape index (κ2) is 6.87. The minimum atomic E-state index is 0.540. The van der Waals surface area contributed by atoms with Crippen molar-refractivity contribution in [2.45, 2.75) is 19.3 Å². The van der Waals surface area contributed by atoms with E-state index in [0.29, 0.717) is 5.92 Å². The Balaban J connectivity index is 1.61. The zero-order valence-electron chi connectivity index (χ0n) is 11.5. The zero-order chi connectivity index (χ0) is 14.5. The molecule has 3 nitrogen and oxygen atoms in total. The summed E-state index contributed by atoms with van der Waals surface area (Å²) in [5, 5.41) is 7.87. The van der Waals surface area contributed by atoms with Gasteiger partial charge in [0.05, 0.1) is 5.69 Å². The average molecular weight is 318 g/mol. The van der Waals surface area contributed by atoms with Gasteiger partial charge in [-0.3, -0.25) is 5.43 Å². The number of halogens is 1. The summed E-state index contributed by atoms with van der Waals surface area (Å²) in [5.74, 6) is 0.540. The van der Waals surface area contributed by atoms with E-state index in [1.807, 2.05) is 35.9 Å². The molecule has 0 amide bonds. The van der Waals surface area contributed by atoms with Crippen molar-refractivity contribution < 1.29 is 0 Å². The first-order valence-corrected chi connectivity index (χ1v) is 8.23. The maximum atomic E-state index is 5.89. The van der Waals surface area contributed by atoms with Crippen LogP contribution in [0.5, 0.6) is 0 Å². The molecule has 3 rings (SSSR count). The van der Waals surface area contributed by atoms with Gasteiger partial charge in [-0.05, 0) is 37.3 Å². The molecule has 5 heteroatoms. The standard InChI is InChI=1S/C16H16ClN3S/c17-14-8-6-13(7-9-14)15-11-21-16(19-15)20-18-10-12-4-2-1-3-5-12/h1-2,6-12H,3-5H2,(H,19,20)/b18-10-/t12-/m0/s1. The number of nitrogens with zero attached hydrogens (tertiary/aromatic N) is 2. The monoisotopic (exact) mass is 317 g/mol. The Bertz CT molecular complexity index is 646. The van der Waals surface area contributed by atoms with Gasteiger partial charge in [0, 0.05) is 22.2 Å². The van der Waals surface area contributed by atoms with Gasteiger partial charge in [-0.15, -0.1) is 11.3 Å². The third-order valence-electron chi connectivity index (χ3n) is 3.40. The van der Waals surface area contributed by atoms with E-state index in [1.54, 1.807) is 11.3 Å². The van der Waals surface area contributed by atoms with Crippen molar-refractivity contribution in [1.29, 1.82) is 0 Å². The number of hydrogen-bond acceptors (Lipinski definition) is 4.